The van der Waals surface area contributed by atoms with Crippen LogP contribution in [0.4, 0.5) is 0 Å². The summed E-state index contributed by atoms with van der Waals surface area (Å²) < 4.78 is 6.16. The second-order valence-corrected chi connectivity index (χ2v) is 4.81. The van der Waals surface area contributed by atoms with Crippen molar-refractivity contribution >= 4 is 39.3 Å². The van der Waals surface area contributed by atoms with Crippen molar-refractivity contribution in [2.45, 2.75) is 0 Å². The fourth-order valence-corrected chi connectivity index (χ4v) is 2.22. The molecule has 0 aromatic carbocycles. The van der Waals surface area contributed by atoms with Crippen molar-refractivity contribution in [1.82, 2.24) is 9.55 Å². The normalized spacial score (nSPS) is 10.3. The SMILES string of the molecule is COC(=O)c1cc(C(=O)CBr)cn1-c1ncccc1Cl. The summed E-state index contributed by atoms with van der Waals surface area (Å²) in [6.07, 6.45) is 3.07. The van der Waals surface area contributed by atoms with E-state index in [1.807, 2.05) is 0 Å². The van der Waals surface area contributed by atoms with Crippen molar-refractivity contribution in [2.75, 3.05) is 12.4 Å². The van der Waals surface area contributed by atoms with Gasteiger partial charge in [0.05, 0.1) is 17.5 Å². The summed E-state index contributed by atoms with van der Waals surface area (Å²) in [7, 11) is 1.27. The quantitative estimate of drug-likeness (QED) is 0.479. The number of methoxy groups -OCH3 is 1. The van der Waals surface area contributed by atoms with Crippen LogP contribution in [-0.2, 0) is 4.74 Å². The average Bonchev–Trinajstić information content (AvgIpc) is 2.91. The third-order valence-electron chi connectivity index (χ3n) is 2.63. The first-order valence-electron chi connectivity index (χ1n) is 5.59. The minimum Gasteiger partial charge on any atom is -0.464 e. The van der Waals surface area contributed by atoms with Crippen LogP contribution in [0.15, 0.2) is 30.6 Å². The van der Waals surface area contributed by atoms with Gasteiger partial charge in [0.15, 0.2) is 11.6 Å². The Bertz CT molecular complexity index is 669. The Morgan fingerprint density at radius 1 is 1.50 bits per heavy atom. The topological polar surface area (TPSA) is 61.2 Å². The van der Waals surface area contributed by atoms with Crippen molar-refractivity contribution in [2.24, 2.45) is 0 Å². The summed E-state index contributed by atoms with van der Waals surface area (Å²) in [6, 6.07) is 4.79. The zero-order chi connectivity index (χ0) is 14.7. The molecule has 0 aliphatic carbocycles. The summed E-state index contributed by atoms with van der Waals surface area (Å²) in [5.41, 5.74) is 0.571. The van der Waals surface area contributed by atoms with Gasteiger partial charge in [0.25, 0.3) is 0 Å². The zero-order valence-corrected chi connectivity index (χ0v) is 12.8. The van der Waals surface area contributed by atoms with E-state index in [-0.39, 0.29) is 16.8 Å². The third kappa shape index (κ3) is 2.76. The molecule has 0 spiro atoms. The van der Waals surface area contributed by atoms with Crippen LogP contribution in [0.2, 0.25) is 5.02 Å². The standard InChI is InChI=1S/C13H10BrClN2O3/c1-20-13(19)10-5-8(11(18)6-14)7-17(10)12-9(15)3-2-4-16-12/h2-5,7H,6H2,1H3. The molecule has 2 aromatic heterocycles. The number of nitrogens with zero attached hydrogens (tertiary/aromatic N) is 2. The number of ether oxygens (including phenoxy) is 1. The number of pyridine rings is 1. The van der Waals surface area contributed by atoms with Crippen molar-refractivity contribution < 1.29 is 14.3 Å². The second kappa shape index (κ2) is 6.19. The predicted molar refractivity (Wildman–Crippen MR) is 78.0 cm³/mol. The highest BCUT2D eigenvalue weighted by Gasteiger charge is 2.20. The molecule has 0 radical (unpaired) electrons. The number of Topliss-reactive ketones (excluding diaryl/α,β-unsaturated/α-hetero) is 1. The van der Waals surface area contributed by atoms with Crippen LogP contribution in [0.1, 0.15) is 20.8 Å². The minimum absolute atomic E-state index is 0.152. The third-order valence-corrected chi connectivity index (χ3v) is 3.43. The molecule has 104 valence electrons. The van der Waals surface area contributed by atoms with Gasteiger partial charge >= 0.3 is 5.97 Å². The number of hydrogen-bond acceptors (Lipinski definition) is 4. The van der Waals surface area contributed by atoms with Crippen LogP contribution in [-0.4, -0.2) is 33.7 Å². The maximum Gasteiger partial charge on any atom is 0.355 e. The van der Waals surface area contributed by atoms with E-state index in [1.54, 1.807) is 18.3 Å². The van der Waals surface area contributed by atoms with E-state index >= 15 is 0 Å². The molecule has 0 amide bonds. The van der Waals surface area contributed by atoms with Gasteiger partial charge in [-0.2, -0.15) is 0 Å². The smallest absolute Gasteiger partial charge is 0.355 e. The summed E-state index contributed by atoms with van der Waals surface area (Å²) in [4.78, 5) is 27.7. The number of halogens is 2. The summed E-state index contributed by atoms with van der Waals surface area (Å²) in [5, 5.41) is 0.527. The van der Waals surface area contributed by atoms with Gasteiger partial charge in [-0.1, -0.05) is 27.5 Å². The van der Waals surface area contributed by atoms with Crippen LogP contribution >= 0.6 is 27.5 Å². The second-order valence-electron chi connectivity index (χ2n) is 3.84. The summed E-state index contributed by atoms with van der Waals surface area (Å²) >= 11 is 9.17. The van der Waals surface area contributed by atoms with Crippen LogP contribution in [0.3, 0.4) is 0 Å². The molecule has 2 heterocycles. The number of carbonyl (C=O) groups excluding carboxylic acids is 2. The number of rotatable bonds is 4. The van der Waals surface area contributed by atoms with Crippen molar-refractivity contribution in [3.63, 3.8) is 0 Å². The highest BCUT2D eigenvalue weighted by Crippen LogP contribution is 2.22. The summed E-state index contributed by atoms with van der Waals surface area (Å²) in [5.74, 6) is -0.357. The molecule has 2 aromatic rings. The van der Waals surface area contributed by atoms with Crippen LogP contribution in [0.5, 0.6) is 0 Å². The molecule has 0 fully saturated rings. The Balaban J connectivity index is 2.62. The lowest BCUT2D eigenvalue weighted by Crippen LogP contribution is -2.09. The van der Waals surface area contributed by atoms with Gasteiger partial charge in [0.1, 0.15) is 5.69 Å². The zero-order valence-electron chi connectivity index (χ0n) is 10.5. The van der Waals surface area contributed by atoms with E-state index < -0.39 is 5.97 Å². The molecule has 0 unspecified atom stereocenters. The first kappa shape index (κ1) is 14.7. The largest absolute Gasteiger partial charge is 0.464 e. The van der Waals surface area contributed by atoms with Crippen LogP contribution in [0, 0.1) is 0 Å². The van der Waals surface area contributed by atoms with E-state index in [2.05, 4.69) is 20.9 Å². The van der Waals surface area contributed by atoms with Crippen molar-refractivity contribution in [1.29, 1.82) is 0 Å². The predicted octanol–water partition coefficient (Wildman–Crippen LogP) is 2.89. The lowest BCUT2D eigenvalue weighted by molar-refractivity contribution is 0.0591. The van der Waals surface area contributed by atoms with Gasteiger partial charge in [0.2, 0.25) is 0 Å². The maximum atomic E-state index is 11.8. The monoisotopic (exact) mass is 356 g/mol. The maximum absolute atomic E-state index is 11.8. The molecule has 0 saturated carbocycles. The first-order valence-corrected chi connectivity index (χ1v) is 7.09. The van der Waals surface area contributed by atoms with Gasteiger partial charge in [-0.25, -0.2) is 9.78 Å². The molecule has 2 rings (SSSR count). The number of ketones is 1. The Labute approximate surface area is 128 Å². The Hall–Kier alpha value is -1.66. The van der Waals surface area contributed by atoms with E-state index in [1.165, 1.54) is 23.9 Å². The molecule has 0 aliphatic heterocycles. The number of hydrogen-bond donors (Lipinski definition) is 0. The van der Waals surface area contributed by atoms with Crippen LogP contribution in [0.25, 0.3) is 5.82 Å². The molecule has 7 heteroatoms. The van der Waals surface area contributed by atoms with Gasteiger partial charge < -0.3 is 4.74 Å². The molecule has 0 atom stereocenters. The molecule has 0 aliphatic rings. The lowest BCUT2D eigenvalue weighted by Gasteiger charge is -2.07. The molecular formula is C13H10BrClN2O3. The van der Waals surface area contributed by atoms with Crippen LogP contribution < -0.4 is 0 Å². The molecule has 0 bridgehead atoms. The average molecular weight is 358 g/mol. The van der Waals surface area contributed by atoms with Crippen molar-refractivity contribution in [3.05, 3.63) is 46.9 Å². The fourth-order valence-electron chi connectivity index (χ4n) is 1.68. The molecular weight excluding hydrogens is 348 g/mol. The van der Waals surface area contributed by atoms with Gasteiger partial charge in [0, 0.05) is 18.0 Å². The number of carbonyl (C=O) groups is 2. The number of aromatic nitrogens is 2. The molecule has 20 heavy (non-hydrogen) atoms. The van der Waals surface area contributed by atoms with Gasteiger partial charge in [-0.15, -0.1) is 0 Å². The highest BCUT2D eigenvalue weighted by atomic mass is 79.9. The fraction of sp³-hybridized carbons (Fsp3) is 0.154. The van der Waals surface area contributed by atoms with E-state index in [0.29, 0.717) is 16.4 Å². The number of alkyl halides is 1. The molecule has 0 N–H and O–H groups in total. The minimum atomic E-state index is -0.569. The molecule has 5 nitrogen and oxygen atoms in total. The highest BCUT2D eigenvalue weighted by molar-refractivity contribution is 9.09. The Morgan fingerprint density at radius 3 is 2.85 bits per heavy atom. The summed E-state index contributed by atoms with van der Waals surface area (Å²) in [6.45, 7) is 0. The van der Waals surface area contributed by atoms with Gasteiger partial charge in [-0.05, 0) is 18.2 Å². The molecule has 0 saturated heterocycles. The van der Waals surface area contributed by atoms with Crippen molar-refractivity contribution in [3.8, 4) is 5.82 Å². The Kier molecular flexibility index (Phi) is 4.57. The van der Waals surface area contributed by atoms with Gasteiger partial charge in [-0.3, -0.25) is 9.36 Å². The van der Waals surface area contributed by atoms with E-state index in [4.69, 9.17) is 16.3 Å². The first-order chi connectivity index (χ1) is 9.58. The Morgan fingerprint density at radius 2 is 2.25 bits per heavy atom. The van der Waals surface area contributed by atoms with E-state index in [0.717, 1.165) is 0 Å². The van der Waals surface area contributed by atoms with E-state index in [9.17, 15) is 9.59 Å². The number of esters is 1. The lowest BCUT2D eigenvalue weighted by atomic mass is 10.2.